The molecule has 0 aliphatic rings. The van der Waals surface area contributed by atoms with E-state index in [4.69, 9.17) is 0 Å². The van der Waals surface area contributed by atoms with Gasteiger partial charge in [-0.05, 0) is 31.0 Å². The lowest BCUT2D eigenvalue weighted by atomic mass is 10.2. The molecule has 0 saturated heterocycles. The van der Waals surface area contributed by atoms with Crippen LogP contribution < -0.4 is 10.6 Å². The minimum Gasteiger partial charge on any atom is -0.326 e. The predicted molar refractivity (Wildman–Crippen MR) is 77.0 cm³/mol. The molecule has 2 N–H and O–H groups in total. The molecule has 0 unspecified atom stereocenters. The van der Waals surface area contributed by atoms with Crippen molar-refractivity contribution in [2.45, 2.75) is 26.2 Å². The van der Waals surface area contributed by atoms with Gasteiger partial charge in [0.15, 0.2) is 0 Å². The van der Waals surface area contributed by atoms with E-state index in [1.165, 1.54) is 6.92 Å². The van der Waals surface area contributed by atoms with Gasteiger partial charge in [0, 0.05) is 30.0 Å². The number of hydrogen-bond donors (Lipinski definition) is 2. The van der Waals surface area contributed by atoms with Crippen LogP contribution >= 0.6 is 15.9 Å². The summed E-state index contributed by atoms with van der Waals surface area (Å²) in [6.07, 6.45) is 2.36. The SMILES string of the molecule is CC(=O)Nc1cccc(NC(=O)CCCCBr)c1. The van der Waals surface area contributed by atoms with Gasteiger partial charge in [0.2, 0.25) is 11.8 Å². The number of carbonyl (C=O) groups is 2. The number of halogens is 1. The fourth-order valence-electron chi connectivity index (χ4n) is 1.48. The van der Waals surface area contributed by atoms with Crippen LogP contribution in [0.5, 0.6) is 0 Å². The van der Waals surface area contributed by atoms with Gasteiger partial charge in [0.05, 0.1) is 0 Å². The summed E-state index contributed by atoms with van der Waals surface area (Å²) in [6.45, 7) is 1.45. The maximum atomic E-state index is 11.6. The second-order valence-corrected chi connectivity index (χ2v) is 4.75. The summed E-state index contributed by atoms with van der Waals surface area (Å²) < 4.78 is 0. The van der Waals surface area contributed by atoms with E-state index in [2.05, 4.69) is 26.6 Å². The number of unbranched alkanes of at least 4 members (excludes halogenated alkanes) is 1. The number of hydrogen-bond acceptors (Lipinski definition) is 2. The summed E-state index contributed by atoms with van der Waals surface area (Å²) in [5.41, 5.74) is 1.38. The van der Waals surface area contributed by atoms with Crippen LogP contribution in [0.15, 0.2) is 24.3 Å². The molecule has 4 nitrogen and oxygen atoms in total. The van der Waals surface area contributed by atoms with Crippen LogP contribution in [0.3, 0.4) is 0 Å². The van der Waals surface area contributed by atoms with E-state index in [9.17, 15) is 9.59 Å². The van der Waals surface area contributed by atoms with E-state index in [0.717, 1.165) is 18.2 Å². The topological polar surface area (TPSA) is 58.2 Å². The third kappa shape index (κ3) is 5.82. The van der Waals surface area contributed by atoms with Crippen molar-refractivity contribution < 1.29 is 9.59 Å². The second-order valence-electron chi connectivity index (χ2n) is 3.96. The molecular formula is C13H17BrN2O2. The molecule has 1 rings (SSSR count). The highest BCUT2D eigenvalue weighted by Crippen LogP contribution is 2.15. The van der Waals surface area contributed by atoms with Crippen molar-refractivity contribution in [1.82, 2.24) is 0 Å². The summed E-state index contributed by atoms with van der Waals surface area (Å²) in [4.78, 5) is 22.5. The van der Waals surface area contributed by atoms with E-state index in [1.54, 1.807) is 24.3 Å². The van der Waals surface area contributed by atoms with Gasteiger partial charge in [-0.1, -0.05) is 22.0 Å². The lowest BCUT2D eigenvalue weighted by molar-refractivity contribution is -0.116. The van der Waals surface area contributed by atoms with Gasteiger partial charge >= 0.3 is 0 Å². The molecule has 0 fully saturated rings. The molecule has 5 heteroatoms. The largest absolute Gasteiger partial charge is 0.326 e. The lowest BCUT2D eigenvalue weighted by Crippen LogP contribution is -2.12. The Labute approximate surface area is 115 Å². The number of anilines is 2. The summed E-state index contributed by atoms with van der Waals surface area (Å²) in [6, 6.07) is 7.11. The highest BCUT2D eigenvalue weighted by Gasteiger charge is 2.03. The first-order valence-electron chi connectivity index (χ1n) is 5.85. The Morgan fingerprint density at radius 2 is 1.83 bits per heavy atom. The average molecular weight is 313 g/mol. The molecule has 98 valence electrons. The molecule has 1 aromatic rings. The van der Waals surface area contributed by atoms with Crippen molar-refractivity contribution in [2.75, 3.05) is 16.0 Å². The van der Waals surface area contributed by atoms with E-state index >= 15 is 0 Å². The van der Waals surface area contributed by atoms with E-state index in [1.807, 2.05) is 0 Å². The van der Waals surface area contributed by atoms with Crippen molar-refractivity contribution in [1.29, 1.82) is 0 Å². The molecule has 0 saturated carbocycles. The number of benzene rings is 1. The molecule has 2 amide bonds. The van der Waals surface area contributed by atoms with Crippen LogP contribution in [0.2, 0.25) is 0 Å². The van der Waals surface area contributed by atoms with Gasteiger partial charge < -0.3 is 10.6 Å². The molecule has 0 atom stereocenters. The van der Waals surface area contributed by atoms with E-state index in [-0.39, 0.29) is 11.8 Å². The molecule has 0 bridgehead atoms. The third-order valence-corrected chi connectivity index (χ3v) is 2.81. The Kier molecular flexibility index (Phi) is 6.43. The second kappa shape index (κ2) is 7.87. The quantitative estimate of drug-likeness (QED) is 0.626. The van der Waals surface area contributed by atoms with Crippen LogP contribution in [0, 0.1) is 0 Å². The summed E-state index contributed by atoms with van der Waals surface area (Å²) in [7, 11) is 0. The number of nitrogens with one attached hydrogen (secondary N) is 2. The smallest absolute Gasteiger partial charge is 0.224 e. The van der Waals surface area contributed by atoms with Gasteiger partial charge in [-0.25, -0.2) is 0 Å². The Hall–Kier alpha value is -1.36. The zero-order valence-electron chi connectivity index (χ0n) is 10.3. The van der Waals surface area contributed by atoms with Crippen LogP contribution in [0.1, 0.15) is 26.2 Å². The number of alkyl halides is 1. The third-order valence-electron chi connectivity index (χ3n) is 2.25. The molecule has 18 heavy (non-hydrogen) atoms. The van der Waals surface area contributed by atoms with Crippen LogP contribution in [-0.4, -0.2) is 17.1 Å². The van der Waals surface area contributed by atoms with Crippen LogP contribution in [-0.2, 0) is 9.59 Å². The fourth-order valence-corrected chi connectivity index (χ4v) is 1.88. The zero-order valence-corrected chi connectivity index (χ0v) is 11.9. The van der Waals surface area contributed by atoms with Crippen molar-refractivity contribution >= 4 is 39.1 Å². The van der Waals surface area contributed by atoms with Crippen molar-refractivity contribution in [3.8, 4) is 0 Å². The fraction of sp³-hybridized carbons (Fsp3) is 0.385. The Balaban J connectivity index is 2.51. The first-order valence-corrected chi connectivity index (χ1v) is 6.97. The highest BCUT2D eigenvalue weighted by molar-refractivity contribution is 9.09. The first-order chi connectivity index (χ1) is 8.61. The van der Waals surface area contributed by atoms with Gasteiger partial charge in [0.25, 0.3) is 0 Å². The molecule has 0 radical (unpaired) electrons. The Bertz CT molecular complexity index is 421. The molecule has 1 aromatic carbocycles. The van der Waals surface area contributed by atoms with Crippen molar-refractivity contribution in [2.24, 2.45) is 0 Å². The first kappa shape index (κ1) is 14.7. The minimum absolute atomic E-state index is 0.00377. The molecule has 0 heterocycles. The van der Waals surface area contributed by atoms with Crippen molar-refractivity contribution in [3.63, 3.8) is 0 Å². The monoisotopic (exact) mass is 312 g/mol. The van der Waals surface area contributed by atoms with Gasteiger partial charge in [-0.2, -0.15) is 0 Å². The van der Waals surface area contributed by atoms with Gasteiger partial charge in [0.1, 0.15) is 0 Å². The molecule has 0 aliphatic heterocycles. The molecular weight excluding hydrogens is 296 g/mol. The number of rotatable bonds is 6. The Morgan fingerprint density at radius 3 is 2.44 bits per heavy atom. The highest BCUT2D eigenvalue weighted by atomic mass is 79.9. The van der Waals surface area contributed by atoms with Crippen molar-refractivity contribution in [3.05, 3.63) is 24.3 Å². The molecule has 0 aliphatic carbocycles. The number of carbonyl (C=O) groups excluding carboxylic acids is 2. The summed E-state index contributed by atoms with van der Waals surface area (Å²) in [5, 5.41) is 6.40. The van der Waals surface area contributed by atoms with Crippen LogP contribution in [0.4, 0.5) is 11.4 Å². The van der Waals surface area contributed by atoms with Gasteiger partial charge in [-0.3, -0.25) is 9.59 Å². The van der Waals surface area contributed by atoms with Crippen LogP contribution in [0.25, 0.3) is 0 Å². The lowest BCUT2D eigenvalue weighted by Gasteiger charge is -2.07. The summed E-state index contributed by atoms with van der Waals surface area (Å²) in [5.74, 6) is -0.133. The normalized spacial score (nSPS) is 9.89. The molecule has 0 spiro atoms. The van der Waals surface area contributed by atoms with E-state index < -0.39 is 0 Å². The standard InChI is InChI=1S/C13H17BrN2O2/c1-10(17)15-11-5-4-6-12(9-11)16-13(18)7-2-3-8-14/h4-6,9H,2-3,7-8H2,1H3,(H,15,17)(H,16,18). The Morgan fingerprint density at radius 1 is 1.17 bits per heavy atom. The maximum absolute atomic E-state index is 11.6. The number of amides is 2. The average Bonchev–Trinajstić information content (AvgIpc) is 2.28. The summed E-state index contributed by atoms with van der Waals surface area (Å²) >= 11 is 3.33. The molecule has 0 aromatic heterocycles. The zero-order chi connectivity index (χ0) is 13.4. The van der Waals surface area contributed by atoms with E-state index in [0.29, 0.717) is 17.8 Å². The minimum atomic E-state index is -0.129. The maximum Gasteiger partial charge on any atom is 0.224 e. The predicted octanol–water partition coefficient (Wildman–Crippen LogP) is 3.15. The van der Waals surface area contributed by atoms with Gasteiger partial charge in [-0.15, -0.1) is 0 Å².